The van der Waals surface area contributed by atoms with Gasteiger partial charge in [-0.1, -0.05) is 0 Å². The molecule has 1 aromatic carbocycles. The Bertz CT molecular complexity index is 1520. The molecule has 2 amide bonds. The molecule has 38 heavy (non-hydrogen) atoms. The SMILES string of the molecule is COc1c(OCCCC(=O)N2CC(O)C3C(=O)C32)ccc2c3n(c(=NC(=O)c4cccnc4)nc12)CCN3. The zero-order valence-corrected chi connectivity index (χ0v) is 20.7. The molecule has 3 unspecified atom stereocenters. The third-order valence-corrected chi connectivity index (χ3v) is 7.11. The maximum absolute atomic E-state index is 12.8. The van der Waals surface area contributed by atoms with Crippen LogP contribution in [-0.2, 0) is 16.1 Å². The van der Waals surface area contributed by atoms with E-state index in [2.05, 4.69) is 20.3 Å². The van der Waals surface area contributed by atoms with Gasteiger partial charge in [-0.2, -0.15) is 4.99 Å². The van der Waals surface area contributed by atoms with E-state index in [1.54, 1.807) is 24.4 Å². The van der Waals surface area contributed by atoms with Crippen LogP contribution in [0.15, 0.2) is 41.7 Å². The minimum Gasteiger partial charge on any atom is -0.491 e. The largest absolute Gasteiger partial charge is 0.491 e. The lowest BCUT2D eigenvalue weighted by Crippen LogP contribution is -2.35. The molecule has 0 radical (unpaired) electrons. The average molecular weight is 519 g/mol. The number of amides is 2. The Morgan fingerprint density at radius 3 is 2.89 bits per heavy atom. The maximum Gasteiger partial charge on any atom is 0.281 e. The Kier molecular flexibility index (Phi) is 6.03. The zero-order valence-electron chi connectivity index (χ0n) is 20.7. The number of fused-ring (bicyclic) bond motifs is 4. The van der Waals surface area contributed by atoms with Crippen LogP contribution in [0.1, 0.15) is 23.2 Å². The minimum absolute atomic E-state index is 0.0610. The summed E-state index contributed by atoms with van der Waals surface area (Å²) in [4.78, 5) is 51.4. The van der Waals surface area contributed by atoms with Gasteiger partial charge in [-0.25, -0.2) is 4.98 Å². The molecular weight excluding hydrogens is 492 g/mol. The number of aromatic nitrogens is 3. The lowest BCUT2D eigenvalue weighted by atomic mass is 10.2. The van der Waals surface area contributed by atoms with Crippen LogP contribution in [0.5, 0.6) is 11.5 Å². The number of carbonyl (C=O) groups excluding carboxylic acids is 3. The number of hydrogen-bond acceptors (Lipinski definition) is 9. The second-order valence-corrected chi connectivity index (χ2v) is 9.43. The van der Waals surface area contributed by atoms with Gasteiger partial charge in [0.1, 0.15) is 17.4 Å². The summed E-state index contributed by atoms with van der Waals surface area (Å²) in [5.41, 5.74) is 1.09. The first-order chi connectivity index (χ1) is 18.5. The second kappa shape index (κ2) is 9.53. The van der Waals surface area contributed by atoms with E-state index in [1.807, 2.05) is 10.6 Å². The Labute approximate surface area is 216 Å². The van der Waals surface area contributed by atoms with Gasteiger partial charge >= 0.3 is 0 Å². The number of aliphatic hydroxyl groups is 1. The summed E-state index contributed by atoms with van der Waals surface area (Å²) < 4.78 is 13.5. The van der Waals surface area contributed by atoms with Crippen molar-refractivity contribution in [3.05, 3.63) is 47.8 Å². The Balaban J connectivity index is 1.22. The summed E-state index contributed by atoms with van der Waals surface area (Å²) in [6.07, 6.45) is 2.91. The molecule has 2 fully saturated rings. The molecule has 6 rings (SSSR count). The normalized spacial score (nSPS) is 21.7. The number of rotatable bonds is 7. The van der Waals surface area contributed by atoms with Crippen LogP contribution in [0.4, 0.5) is 5.82 Å². The topological polar surface area (TPSA) is 148 Å². The van der Waals surface area contributed by atoms with Crippen LogP contribution in [0.25, 0.3) is 10.9 Å². The van der Waals surface area contributed by atoms with E-state index in [4.69, 9.17) is 9.47 Å². The van der Waals surface area contributed by atoms with Gasteiger partial charge in [-0.05, 0) is 30.7 Å². The molecule has 12 heteroatoms. The molecular formula is C26H26N6O6. The number of likely N-dealkylation sites (tertiary alicyclic amines) is 1. The predicted molar refractivity (Wildman–Crippen MR) is 134 cm³/mol. The fourth-order valence-electron chi connectivity index (χ4n) is 5.22. The number of hydrogen-bond donors (Lipinski definition) is 2. The quantitative estimate of drug-likeness (QED) is 0.428. The molecule has 3 aromatic rings. The highest BCUT2D eigenvalue weighted by atomic mass is 16.5. The number of methoxy groups -OCH3 is 1. The van der Waals surface area contributed by atoms with Crippen molar-refractivity contribution in [3.63, 3.8) is 0 Å². The van der Waals surface area contributed by atoms with Crippen LogP contribution in [0, 0.1) is 5.92 Å². The molecule has 1 saturated heterocycles. The number of benzene rings is 1. The number of nitrogens with zero attached hydrogens (tertiary/aromatic N) is 5. The van der Waals surface area contributed by atoms with Crippen molar-refractivity contribution in [2.45, 2.75) is 31.5 Å². The highest BCUT2D eigenvalue weighted by Gasteiger charge is 2.63. The molecule has 1 aliphatic carbocycles. The molecule has 3 atom stereocenters. The Morgan fingerprint density at radius 1 is 1.29 bits per heavy atom. The van der Waals surface area contributed by atoms with Crippen molar-refractivity contribution < 1.29 is 29.0 Å². The summed E-state index contributed by atoms with van der Waals surface area (Å²) in [7, 11) is 1.51. The van der Waals surface area contributed by atoms with Crippen LogP contribution >= 0.6 is 0 Å². The number of anilines is 1. The lowest BCUT2D eigenvalue weighted by molar-refractivity contribution is -0.134. The van der Waals surface area contributed by atoms with Gasteiger partial charge in [-0.3, -0.25) is 23.9 Å². The summed E-state index contributed by atoms with van der Waals surface area (Å²) in [5.74, 6) is 0.536. The number of ether oxygens (including phenoxy) is 2. The summed E-state index contributed by atoms with van der Waals surface area (Å²) >= 11 is 0. The molecule has 1 saturated carbocycles. The highest BCUT2D eigenvalue weighted by Crippen LogP contribution is 2.41. The third kappa shape index (κ3) is 4.06. The van der Waals surface area contributed by atoms with Crippen molar-refractivity contribution in [1.82, 2.24) is 19.4 Å². The van der Waals surface area contributed by atoms with Gasteiger partial charge in [0, 0.05) is 43.8 Å². The third-order valence-electron chi connectivity index (χ3n) is 7.11. The first-order valence-corrected chi connectivity index (χ1v) is 12.5. The van der Waals surface area contributed by atoms with E-state index in [9.17, 15) is 19.5 Å². The zero-order chi connectivity index (χ0) is 26.4. The van der Waals surface area contributed by atoms with Gasteiger partial charge in [0.25, 0.3) is 5.91 Å². The van der Waals surface area contributed by atoms with Crippen molar-refractivity contribution in [2.75, 3.05) is 32.1 Å². The van der Waals surface area contributed by atoms with Gasteiger partial charge in [-0.15, -0.1) is 0 Å². The van der Waals surface area contributed by atoms with Crippen LogP contribution in [-0.4, -0.2) is 81.1 Å². The molecule has 0 bridgehead atoms. The Morgan fingerprint density at radius 2 is 2.16 bits per heavy atom. The van der Waals surface area contributed by atoms with Crippen molar-refractivity contribution in [2.24, 2.45) is 10.9 Å². The standard InChI is InChI=1S/C26H26N6O6/c1-37-23-17(38-11-3-5-18(34)32-13-16(33)19-21(32)22(19)35)7-6-15-20(23)29-26(31-10-9-28-24(15)31)30-25(36)14-4-2-8-27-12-14/h2,4,6-8,12,16,19,21,28,33H,3,5,9-11,13H2,1H3. The monoisotopic (exact) mass is 518 g/mol. The fourth-order valence-corrected chi connectivity index (χ4v) is 5.22. The summed E-state index contributed by atoms with van der Waals surface area (Å²) in [5, 5.41) is 14.0. The lowest BCUT2D eigenvalue weighted by Gasteiger charge is -2.18. The van der Waals surface area contributed by atoms with E-state index < -0.39 is 24.0 Å². The average Bonchev–Trinajstić information content (AvgIpc) is 3.24. The summed E-state index contributed by atoms with van der Waals surface area (Å²) in [6, 6.07) is 6.52. The van der Waals surface area contributed by atoms with Crippen LogP contribution in [0.3, 0.4) is 0 Å². The van der Waals surface area contributed by atoms with Gasteiger partial charge < -0.3 is 24.8 Å². The van der Waals surface area contributed by atoms with E-state index in [0.29, 0.717) is 42.1 Å². The number of β-amino-alcohol motifs (C(OH)–C–C–N with tert-alkyl or cyclic N) is 1. The fraction of sp³-hybridized carbons (Fsp3) is 0.385. The van der Waals surface area contributed by atoms with Crippen molar-refractivity contribution in [3.8, 4) is 11.5 Å². The number of pyridine rings is 1. The smallest absolute Gasteiger partial charge is 0.281 e. The van der Waals surface area contributed by atoms with Crippen molar-refractivity contribution in [1.29, 1.82) is 0 Å². The maximum atomic E-state index is 12.8. The van der Waals surface area contributed by atoms with E-state index in [0.717, 1.165) is 11.2 Å². The van der Waals surface area contributed by atoms with Gasteiger partial charge in [0.15, 0.2) is 17.3 Å². The second-order valence-electron chi connectivity index (χ2n) is 9.43. The Hall–Kier alpha value is -4.32. The molecule has 0 spiro atoms. The number of nitrogens with one attached hydrogen (secondary N) is 1. The van der Waals surface area contributed by atoms with Gasteiger partial charge in [0.2, 0.25) is 11.5 Å². The van der Waals surface area contributed by atoms with Crippen LogP contribution < -0.4 is 20.4 Å². The number of ketones is 1. The molecule has 12 nitrogen and oxygen atoms in total. The first kappa shape index (κ1) is 24.0. The van der Waals surface area contributed by atoms with Crippen molar-refractivity contribution >= 4 is 34.3 Å². The van der Waals surface area contributed by atoms with Crippen LogP contribution in [0.2, 0.25) is 0 Å². The molecule has 4 heterocycles. The molecule has 2 aromatic heterocycles. The number of piperidine rings is 1. The minimum atomic E-state index is -0.757. The van der Waals surface area contributed by atoms with E-state index in [-0.39, 0.29) is 36.9 Å². The molecule has 2 aliphatic heterocycles. The number of Topliss-reactive ketones (excluding diaryl/α,β-unsaturated/α-hetero) is 1. The molecule has 3 aliphatic rings. The van der Waals surface area contributed by atoms with E-state index >= 15 is 0 Å². The highest BCUT2D eigenvalue weighted by molar-refractivity contribution is 6.07. The predicted octanol–water partition coefficient (Wildman–Crippen LogP) is 0.536. The first-order valence-electron chi connectivity index (χ1n) is 12.5. The summed E-state index contributed by atoms with van der Waals surface area (Å²) in [6.45, 7) is 1.71. The molecule has 196 valence electrons. The van der Waals surface area contributed by atoms with E-state index in [1.165, 1.54) is 18.2 Å². The van der Waals surface area contributed by atoms with Gasteiger partial charge in [0.05, 0.1) is 31.3 Å². The number of aliphatic hydroxyl groups excluding tert-OH is 1. The molecule has 2 N–H and O–H groups in total. The number of carbonyl (C=O) groups is 3.